The van der Waals surface area contributed by atoms with Crippen molar-refractivity contribution in [1.29, 1.82) is 0 Å². The van der Waals surface area contributed by atoms with Gasteiger partial charge in [0.25, 0.3) is 0 Å². The van der Waals surface area contributed by atoms with Crippen molar-refractivity contribution in [2.75, 3.05) is 13.1 Å². The standard InChI is InChI=1S/C22H22N2O7S/c1-2-15-12-22(25)31-21-13-16(6-8-18(15)21)30-20-9-7-17(14-19(20)24(26)27)32(28,29)23-10-4-3-5-11-23/h6-9,12-14H,2-5,10-11H2,1H3. The Labute approximate surface area is 184 Å². The third-order valence-corrected chi connectivity index (χ3v) is 7.38. The highest BCUT2D eigenvalue weighted by molar-refractivity contribution is 7.89. The molecule has 0 radical (unpaired) electrons. The Hall–Kier alpha value is -3.24. The van der Waals surface area contributed by atoms with Crippen LogP contribution in [0, 0.1) is 10.1 Å². The number of aryl methyl sites for hydroxylation is 1. The highest BCUT2D eigenvalue weighted by Crippen LogP contribution is 2.35. The summed E-state index contributed by atoms with van der Waals surface area (Å²) in [4.78, 5) is 22.6. The molecule has 2 heterocycles. The van der Waals surface area contributed by atoms with Gasteiger partial charge in [-0.2, -0.15) is 4.31 Å². The lowest BCUT2D eigenvalue weighted by Crippen LogP contribution is -2.35. The number of hydrogen-bond donors (Lipinski definition) is 0. The second kappa shape index (κ2) is 8.71. The normalized spacial score (nSPS) is 15.0. The van der Waals surface area contributed by atoms with Crippen molar-refractivity contribution in [3.05, 3.63) is 68.6 Å². The summed E-state index contributed by atoms with van der Waals surface area (Å²) in [6.45, 7) is 2.72. The van der Waals surface area contributed by atoms with Gasteiger partial charge in [0.05, 0.1) is 9.82 Å². The van der Waals surface area contributed by atoms with Crippen LogP contribution in [0.4, 0.5) is 5.69 Å². The largest absolute Gasteiger partial charge is 0.450 e. The van der Waals surface area contributed by atoms with Crippen LogP contribution in [0.2, 0.25) is 0 Å². The predicted octanol–water partition coefficient (Wildman–Crippen LogP) is 4.23. The predicted molar refractivity (Wildman–Crippen MR) is 118 cm³/mol. The van der Waals surface area contributed by atoms with E-state index < -0.39 is 26.3 Å². The van der Waals surface area contributed by atoms with Gasteiger partial charge in [0.1, 0.15) is 11.3 Å². The molecule has 1 aromatic heterocycles. The Morgan fingerprint density at radius 2 is 1.84 bits per heavy atom. The van der Waals surface area contributed by atoms with Crippen molar-refractivity contribution in [3.63, 3.8) is 0 Å². The molecule has 0 atom stereocenters. The molecular weight excluding hydrogens is 436 g/mol. The van der Waals surface area contributed by atoms with Gasteiger partial charge in [0.2, 0.25) is 15.8 Å². The van der Waals surface area contributed by atoms with Crippen LogP contribution < -0.4 is 10.4 Å². The van der Waals surface area contributed by atoms with E-state index in [0.29, 0.717) is 25.1 Å². The molecule has 1 aliphatic heterocycles. The molecule has 1 saturated heterocycles. The molecule has 4 rings (SSSR count). The van der Waals surface area contributed by atoms with Crippen molar-refractivity contribution in [1.82, 2.24) is 4.31 Å². The van der Waals surface area contributed by atoms with Crippen LogP contribution in [0.5, 0.6) is 11.5 Å². The first-order valence-electron chi connectivity index (χ1n) is 10.3. The molecule has 9 nitrogen and oxygen atoms in total. The molecule has 0 unspecified atom stereocenters. The van der Waals surface area contributed by atoms with Gasteiger partial charge in [-0.25, -0.2) is 13.2 Å². The van der Waals surface area contributed by atoms with Gasteiger partial charge in [-0.15, -0.1) is 0 Å². The number of ether oxygens (including phenoxy) is 1. The summed E-state index contributed by atoms with van der Waals surface area (Å²) in [6.07, 6.45) is 3.13. The minimum atomic E-state index is -3.83. The molecule has 0 amide bonds. The van der Waals surface area contributed by atoms with Crippen molar-refractivity contribution < 1.29 is 22.5 Å². The lowest BCUT2D eigenvalue weighted by atomic mass is 10.1. The van der Waals surface area contributed by atoms with Gasteiger partial charge < -0.3 is 9.15 Å². The van der Waals surface area contributed by atoms with Gasteiger partial charge in [-0.05, 0) is 49.1 Å². The Balaban J connectivity index is 1.70. The maximum atomic E-state index is 12.9. The Kier molecular flexibility index (Phi) is 5.98. The second-order valence-corrected chi connectivity index (χ2v) is 9.49. The van der Waals surface area contributed by atoms with E-state index >= 15 is 0 Å². The fraction of sp³-hybridized carbons (Fsp3) is 0.318. The maximum Gasteiger partial charge on any atom is 0.336 e. The Morgan fingerprint density at radius 1 is 1.09 bits per heavy atom. The number of benzene rings is 2. The lowest BCUT2D eigenvalue weighted by Gasteiger charge is -2.25. The van der Waals surface area contributed by atoms with Crippen LogP contribution in [0.25, 0.3) is 11.0 Å². The van der Waals surface area contributed by atoms with Crippen LogP contribution in [0.15, 0.2) is 56.6 Å². The first kappa shape index (κ1) is 22.0. The summed E-state index contributed by atoms with van der Waals surface area (Å²) in [6, 6.07) is 9.85. The monoisotopic (exact) mass is 458 g/mol. The molecule has 10 heteroatoms. The third kappa shape index (κ3) is 4.23. The topological polar surface area (TPSA) is 120 Å². The maximum absolute atomic E-state index is 12.9. The summed E-state index contributed by atoms with van der Waals surface area (Å²) < 4.78 is 38.1. The van der Waals surface area contributed by atoms with E-state index in [0.717, 1.165) is 36.3 Å². The minimum Gasteiger partial charge on any atom is -0.450 e. The van der Waals surface area contributed by atoms with Crippen LogP contribution in [-0.2, 0) is 16.4 Å². The van der Waals surface area contributed by atoms with Gasteiger partial charge >= 0.3 is 11.3 Å². The van der Waals surface area contributed by atoms with Crippen molar-refractivity contribution in [3.8, 4) is 11.5 Å². The molecule has 1 fully saturated rings. The average molecular weight is 458 g/mol. The van der Waals surface area contributed by atoms with E-state index in [1.807, 2.05) is 6.92 Å². The van der Waals surface area contributed by atoms with E-state index in [4.69, 9.17) is 9.15 Å². The van der Waals surface area contributed by atoms with Gasteiger partial charge in [-0.3, -0.25) is 10.1 Å². The van der Waals surface area contributed by atoms with Gasteiger partial charge in [0, 0.05) is 36.7 Å². The Morgan fingerprint density at radius 3 is 2.53 bits per heavy atom. The Bertz CT molecular complexity index is 1340. The number of sulfonamides is 1. The molecule has 3 aromatic rings. The molecule has 2 aromatic carbocycles. The van der Waals surface area contributed by atoms with E-state index in [1.54, 1.807) is 12.1 Å². The zero-order chi connectivity index (χ0) is 22.9. The van der Waals surface area contributed by atoms with Crippen molar-refractivity contribution >= 4 is 26.7 Å². The molecule has 168 valence electrons. The zero-order valence-corrected chi connectivity index (χ0v) is 18.3. The molecular formula is C22H22N2O7S. The SMILES string of the molecule is CCc1cc(=O)oc2cc(Oc3ccc(S(=O)(=O)N4CCCCC4)cc3[N+](=O)[O-])ccc12. The van der Waals surface area contributed by atoms with Crippen molar-refractivity contribution in [2.24, 2.45) is 0 Å². The summed E-state index contributed by atoms with van der Waals surface area (Å²) >= 11 is 0. The van der Waals surface area contributed by atoms with E-state index in [2.05, 4.69) is 0 Å². The van der Waals surface area contributed by atoms with Crippen LogP contribution in [-0.4, -0.2) is 30.7 Å². The van der Waals surface area contributed by atoms with Crippen LogP contribution in [0.3, 0.4) is 0 Å². The van der Waals surface area contributed by atoms with E-state index in [9.17, 15) is 23.3 Å². The number of rotatable bonds is 6. The van der Waals surface area contributed by atoms with E-state index in [-0.39, 0.29) is 16.4 Å². The third-order valence-electron chi connectivity index (χ3n) is 5.49. The summed E-state index contributed by atoms with van der Waals surface area (Å²) in [7, 11) is -3.83. The first-order valence-corrected chi connectivity index (χ1v) is 11.8. The number of nitro benzene ring substituents is 1. The zero-order valence-electron chi connectivity index (χ0n) is 17.4. The highest BCUT2D eigenvalue weighted by atomic mass is 32.2. The summed E-state index contributed by atoms with van der Waals surface area (Å²) in [5, 5.41) is 12.4. The number of nitrogens with zero attached hydrogens (tertiary/aromatic N) is 2. The molecule has 0 spiro atoms. The lowest BCUT2D eigenvalue weighted by molar-refractivity contribution is -0.385. The smallest absolute Gasteiger partial charge is 0.336 e. The fourth-order valence-corrected chi connectivity index (χ4v) is 5.37. The quantitative estimate of drug-likeness (QED) is 0.308. The minimum absolute atomic E-state index is 0.110. The summed E-state index contributed by atoms with van der Waals surface area (Å²) in [5.74, 6) is 0.115. The van der Waals surface area contributed by atoms with Crippen LogP contribution >= 0.6 is 0 Å². The molecule has 0 aliphatic carbocycles. The number of piperidine rings is 1. The molecule has 0 N–H and O–H groups in total. The fourth-order valence-electron chi connectivity index (χ4n) is 3.83. The van der Waals surface area contributed by atoms with Crippen LogP contribution in [0.1, 0.15) is 31.7 Å². The van der Waals surface area contributed by atoms with Crippen molar-refractivity contribution in [2.45, 2.75) is 37.5 Å². The molecule has 0 saturated carbocycles. The molecule has 1 aliphatic rings. The number of nitro groups is 1. The molecule has 32 heavy (non-hydrogen) atoms. The number of hydrogen-bond acceptors (Lipinski definition) is 7. The average Bonchev–Trinajstić information content (AvgIpc) is 2.78. The first-order chi connectivity index (χ1) is 15.3. The van der Waals surface area contributed by atoms with Gasteiger partial charge in [-0.1, -0.05) is 13.3 Å². The number of fused-ring (bicyclic) bond motifs is 1. The molecule has 0 bridgehead atoms. The highest BCUT2D eigenvalue weighted by Gasteiger charge is 2.29. The second-order valence-electron chi connectivity index (χ2n) is 7.56. The van der Waals surface area contributed by atoms with Gasteiger partial charge in [0.15, 0.2) is 0 Å². The van der Waals surface area contributed by atoms with E-state index in [1.165, 1.54) is 28.6 Å². The summed E-state index contributed by atoms with van der Waals surface area (Å²) in [5.41, 5.74) is 0.163.